The first-order chi connectivity index (χ1) is 10.9. The molecule has 0 fully saturated rings. The van der Waals surface area contributed by atoms with Crippen LogP contribution >= 0.6 is 0 Å². The Balaban J connectivity index is 2.12. The van der Waals surface area contributed by atoms with E-state index in [-0.39, 0.29) is 11.8 Å². The molecule has 2 rings (SSSR count). The first-order valence-electron chi connectivity index (χ1n) is 7.23. The second-order valence-electron chi connectivity index (χ2n) is 5.03. The number of urea groups is 1. The van der Waals surface area contributed by atoms with Gasteiger partial charge in [0, 0.05) is 5.69 Å². The summed E-state index contributed by atoms with van der Waals surface area (Å²) < 4.78 is 18.8. The standard InChI is InChI=1S/C16H19FN4O2/c1-5-23-16-18-10(3)14(11(4)19-16)21-15(22)20-12-7-6-9(2)13(17)8-12/h6-8H,5H2,1-4H3,(H2,20,21,22). The van der Waals surface area contributed by atoms with Crippen molar-refractivity contribution < 1.29 is 13.9 Å². The van der Waals surface area contributed by atoms with Gasteiger partial charge in [-0.05, 0) is 45.4 Å². The van der Waals surface area contributed by atoms with Crippen molar-refractivity contribution in [2.45, 2.75) is 27.7 Å². The molecule has 1 aromatic heterocycles. The number of anilines is 2. The average Bonchev–Trinajstić information content (AvgIpc) is 2.47. The highest BCUT2D eigenvalue weighted by atomic mass is 19.1. The molecule has 122 valence electrons. The Hall–Kier alpha value is -2.70. The molecule has 6 nitrogen and oxygen atoms in total. The van der Waals surface area contributed by atoms with Crippen molar-refractivity contribution in [3.8, 4) is 6.01 Å². The Morgan fingerprint density at radius 3 is 2.39 bits per heavy atom. The monoisotopic (exact) mass is 318 g/mol. The largest absolute Gasteiger partial charge is 0.464 e. The highest BCUT2D eigenvalue weighted by Crippen LogP contribution is 2.20. The molecule has 0 aliphatic rings. The highest BCUT2D eigenvalue weighted by molar-refractivity contribution is 6.00. The van der Waals surface area contributed by atoms with Gasteiger partial charge in [-0.25, -0.2) is 9.18 Å². The number of amides is 2. The minimum atomic E-state index is -0.493. The molecular formula is C16H19FN4O2. The first kappa shape index (κ1) is 16.7. The zero-order valence-corrected chi connectivity index (χ0v) is 13.5. The number of ether oxygens (including phenoxy) is 1. The van der Waals surface area contributed by atoms with Crippen molar-refractivity contribution in [1.29, 1.82) is 0 Å². The van der Waals surface area contributed by atoms with Gasteiger partial charge in [0.15, 0.2) is 0 Å². The van der Waals surface area contributed by atoms with Crippen LogP contribution in [0.4, 0.5) is 20.6 Å². The van der Waals surface area contributed by atoms with E-state index in [1.165, 1.54) is 6.07 Å². The maximum Gasteiger partial charge on any atom is 0.323 e. The second kappa shape index (κ2) is 7.04. The third-order valence-electron chi connectivity index (χ3n) is 3.19. The molecule has 0 atom stereocenters. The number of hydrogen-bond donors (Lipinski definition) is 2. The van der Waals surface area contributed by atoms with Gasteiger partial charge in [0.2, 0.25) is 0 Å². The van der Waals surface area contributed by atoms with Gasteiger partial charge in [0.05, 0.1) is 23.7 Å². The lowest BCUT2D eigenvalue weighted by molar-refractivity contribution is 0.262. The smallest absolute Gasteiger partial charge is 0.323 e. The van der Waals surface area contributed by atoms with Crippen LogP contribution in [0.3, 0.4) is 0 Å². The number of nitrogens with zero attached hydrogens (tertiary/aromatic N) is 2. The molecule has 0 saturated carbocycles. The summed E-state index contributed by atoms with van der Waals surface area (Å²) in [6.45, 7) is 7.46. The number of carbonyl (C=O) groups excluding carboxylic acids is 1. The van der Waals surface area contributed by atoms with Gasteiger partial charge in [-0.3, -0.25) is 0 Å². The van der Waals surface area contributed by atoms with E-state index in [1.807, 2.05) is 6.92 Å². The van der Waals surface area contributed by atoms with E-state index in [0.717, 1.165) is 0 Å². The molecular weight excluding hydrogens is 299 g/mol. The number of nitrogens with one attached hydrogen (secondary N) is 2. The predicted octanol–water partition coefficient (Wildman–Crippen LogP) is 3.58. The van der Waals surface area contributed by atoms with Crippen molar-refractivity contribution in [3.05, 3.63) is 41.0 Å². The fourth-order valence-electron chi connectivity index (χ4n) is 2.01. The van der Waals surface area contributed by atoms with Gasteiger partial charge in [0.1, 0.15) is 5.82 Å². The SMILES string of the molecule is CCOc1nc(C)c(NC(=O)Nc2ccc(C)c(F)c2)c(C)n1. The molecule has 0 spiro atoms. The number of halogens is 1. The summed E-state index contributed by atoms with van der Waals surface area (Å²) in [7, 11) is 0. The molecule has 0 bridgehead atoms. The summed E-state index contributed by atoms with van der Waals surface area (Å²) >= 11 is 0. The molecule has 2 N–H and O–H groups in total. The Bertz CT molecular complexity index is 711. The fourth-order valence-corrected chi connectivity index (χ4v) is 2.01. The van der Waals surface area contributed by atoms with Crippen molar-refractivity contribution >= 4 is 17.4 Å². The molecule has 0 aliphatic carbocycles. The second-order valence-corrected chi connectivity index (χ2v) is 5.03. The molecule has 0 radical (unpaired) electrons. The minimum Gasteiger partial charge on any atom is -0.464 e. The van der Waals surface area contributed by atoms with Gasteiger partial charge in [-0.15, -0.1) is 0 Å². The zero-order chi connectivity index (χ0) is 17.0. The van der Waals surface area contributed by atoms with E-state index in [4.69, 9.17) is 4.74 Å². The van der Waals surface area contributed by atoms with E-state index >= 15 is 0 Å². The van der Waals surface area contributed by atoms with Crippen molar-refractivity contribution in [3.63, 3.8) is 0 Å². The lowest BCUT2D eigenvalue weighted by atomic mass is 10.2. The Morgan fingerprint density at radius 2 is 1.83 bits per heavy atom. The lowest BCUT2D eigenvalue weighted by Crippen LogP contribution is -2.21. The maximum absolute atomic E-state index is 13.5. The number of carbonyl (C=O) groups is 1. The van der Waals surface area contributed by atoms with E-state index in [0.29, 0.717) is 34.9 Å². The quantitative estimate of drug-likeness (QED) is 0.903. The molecule has 1 heterocycles. The van der Waals surface area contributed by atoms with E-state index in [1.54, 1.807) is 32.9 Å². The van der Waals surface area contributed by atoms with Gasteiger partial charge in [0.25, 0.3) is 0 Å². The number of rotatable bonds is 4. The lowest BCUT2D eigenvalue weighted by Gasteiger charge is -2.13. The predicted molar refractivity (Wildman–Crippen MR) is 86.5 cm³/mol. The van der Waals surface area contributed by atoms with Crippen LogP contribution in [-0.4, -0.2) is 22.6 Å². The Morgan fingerprint density at radius 1 is 1.17 bits per heavy atom. The van der Waals surface area contributed by atoms with Crippen LogP contribution in [0.1, 0.15) is 23.9 Å². The molecule has 0 saturated heterocycles. The normalized spacial score (nSPS) is 10.3. The van der Waals surface area contributed by atoms with Crippen LogP contribution in [0.25, 0.3) is 0 Å². The van der Waals surface area contributed by atoms with Crippen molar-refractivity contribution in [1.82, 2.24) is 9.97 Å². The van der Waals surface area contributed by atoms with Crippen molar-refractivity contribution in [2.75, 3.05) is 17.2 Å². The minimum absolute atomic E-state index is 0.272. The zero-order valence-electron chi connectivity index (χ0n) is 13.5. The average molecular weight is 318 g/mol. The summed E-state index contributed by atoms with van der Waals surface area (Å²) in [5.74, 6) is -0.375. The third kappa shape index (κ3) is 4.15. The van der Waals surface area contributed by atoms with Crippen molar-refractivity contribution in [2.24, 2.45) is 0 Å². The summed E-state index contributed by atoms with van der Waals surface area (Å²) in [6, 6.07) is 4.28. The summed E-state index contributed by atoms with van der Waals surface area (Å²) in [5, 5.41) is 5.25. The van der Waals surface area contributed by atoms with Gasteiger partial charge in [-0.1, -0.05) is 6.07 Å². The molecule has 2 amide bonds. The molecule has 2 aromatic rings. The highest BCUT2D eigenvalue weighted by Gasteiger charge is 2.12. The molecule has 0 unspecified atom stereocenters. The molecule has 1 aromatic carbocycles. The van der Waals surface area contributed by atoms with E-state index in [2.05, 4.69) is 20.6 Å². The fraction of sp³-hybridized carbons (Fsp3) is 0.312. The number of hydrogen-bond acceptors (Lipinski definition) is 4. The number of benzene rings is 1. The molecule has 0 aliphatic heterocycles. The topological polar surface area (TPSA) is 76.1 Å². The van der Waals surface area contributed by atoms with Gasteiger partial charge >= 0.3 is 12.0 Å². The number of aryl methyl sites for hydroxylation is 3. The van der Waals surface area contributed by atoms with Crippen LogP contribution in [0.15, 0.2) is 18.2 Å². The summed E-state index contributed by atoms with van der Waals surface area (Å²) in [4.78, 5) is 20.4. The number of aromatic nitrogens is 2. The first-order valence-corrected chi connectivity index (χ1v) is 7.23. The molecule has 23 heavy (non-hydrogen) atoms. The Labute approximate surface area is 134 Å². The van der Waals surface area contributed by atoms with E-state index < -0.39 is 6.03 Å². The van der Waals surface area contributed by atoms with Gasteiger partial charge < -0.3 is 15.4 Å². The third-order valence-corrected chi connectivity index (χ3v) is 3.19. The van der Waals surface area contributed by atoms with Crippen LogP contribution in [0.5, 0.6) is 6.01 Å². The van der Waals surface area contributed by atoms with Crippen LogP contribution in [0.2, 0.25) is 0 Å². The van der Waals surface area contributed by atoms with Crippen LogP contribution in [-0.2, 0) is 0 Å². The molecule has 7 heteroatoms. The van der Waals surface area contributed by atoms with Crippen LogP contribution in [0, 0.1) is 26.6 Å². The van der Waals surface area contributed by atoms with Gasteiger partial charge in [-0.2, -0.15) is 9.97 Å². The summed E-state index contributed by atoms with van der Waals surface area (Å²) in [6.07, 6.45) is 0. The van der Waals surface area contributed by atoms with Crippen LogP contribution < -0.4 is 15.4 Å². The summed E-state index contributed by atoms with van der Waals surface area (Å²) in [5.41, 5.74) is 2.56. The maximum atomic E-state index is 13.5. The Kier molecular flexibility index (Phi) is 5.10. The van der Waals surface area contributed by atoms with E-state index in [9.17, 15) is 9.18 Å².